The predicted octanol–water partition coefficient (Wildman–Crippen LogP) is 4.46. The van der Waals surface area contributed by atoms with Crippen LogP contribution in [0.4, 0.5) is 24.1 Å². The number of furan rings is 1. The summed E-state index contributed by atoms with van der Waals surface area (Å²) in [6, 6.07) is 1.98. The molecule has 3 aromatic heterocycles. The van der Waals surface area contributed by atoms with Crippen LogP contribution in [0.15, 0.2) is 28.9 Å². The average Bonchev–Trinajstić information content (AvgIpc) is 3.33. The Morgan fingerprint density at radius 2 is 2.21 bits per heavy atom. The van der Waals surface area contributed by atoms with Crippen LogP contribution in [-0.4, -0.2) is 26.8 Å². The fourth-order valence-electron chi connectivity index (χ4n) is 3.05. The van der Waals surface area contributed by atoms with Gasteiger partial charge in [0.25, 0.3) is 5.91 Å². The summed E-state index contributed by atoms with van der Waals surface area (Å²) in [7, 11) is 0. The van der Waals surface area contributed by atoms with Crippen molar-refractivity contribution in [2.24, 2.45) is 0 Å². The smallest absolute Gasteiger partial charge is 0.410 e. The van der Waals surface area contributed by atoms with Gasteiger partial charge in [-0.2, -0.15) is 18.3 Å². The lowest BCUT2D eigenvalue weighted by Crippen LogP contribution is -2.35. The second-order valence-electron chi connectivity index (χ2n) is 6.48. The van der Waals surface area contributed by atoms with E-state index in [9.17, 15) is 18.0 Å². The number of anilines is 2. The van der Waals surface area contributed by atoms with Gasteiger partial charge in [0.05, 0.1) is 18.0 Å². The van der Waals surface area contributed by atoms with Crippen LogP contribution in [0.2, 0.25) is 0 Å². The second kappa shape index (κ2) is 6.66. The molecule has 4 heterocycles. The number of aryl methyl sites for hydroxylation is 2. The Labute approximate surface area is 161 Å². The van der Waals surface area contributed by atoms with Crippen LogP contribution in [0.1, 0.15) is 45.3 Å². The van der Waals surface area contributed by atoms with Gasteiger partial charge in [0.15, 0.2) is 16.9 Å². The van der Waals surface area contributed by atoms with Crippen molar-refractivity contribution >= 4 is 28.2 Å². The Morgan fingerprint density at radius 3 is 2.82 bits per heavy atom. The van der Waals surface area contributed by atoms with E-state index in [2.05, 4.69) is 20.7 Å². The maximum absolute atomic E-state index is 13.6. The van der Waals surface area contributed by atoms with Crippen molar-refractivity contribution in [2.75, 3.05) is 10.6 Å². The van der Waals surface area contributed by atoms with Crippen LogP contribution in [0, 0.1) is 13.8 Å². The van der Waals surface area contributed by atoms with Crippen LogP contribution in [0.25, 0.3) is 0 Å². The Balaban J connectivity index is 1.63. The maximum Gasteiger partial charge on any atom is 0.410 e. The van der Waals surface area contributed by atoms with Crippen molar-refractivity contribution in [1.82, 2.24) is 14.8 Å². The van der Waals surface area contributed by atoms with Crippen molar-refractivity contribution in [3.63, 3.8) is 0 Å². The Morgan fingerprint density at radius 1 is 1.43 bits per heavy atom. The van der Waals surface area contributed by atoms with Gasteiger partial charge >= 0.3 is 6.18 Å². The molecule has 7 nitrogen and oxygen atoms in total. The van der Waals surface area contributed by atoms with Gasteiger partial charge in [-0.3, -0.25) is 10.1 Å². The second-order valence-corrected chi connectivity index (χ2v) is 7.68. The molecule has 28 heavy (non-hydrogen) atoms. The van der Waals surface area contributed by atoms with E-state index in [4.69, 9.17) is 4.42 Å². The highest BCUT2D eigenvalue weighted by molar-refractivity contribution is 7.15. The zero-order valence-corrected chi connectivity index (χ0v) is 15.7. The third-order valence-electron chi connectivity index (χ3n) is 4.56. The minimum atomic E-state index is -4.52. The highest BCUT2D eigenvalue weighted by atomic mass is 32.1. The number of thiazole rings is 1. The molecule has 0 radical (unpaired) electrons. The first-order chi connectivity index (χ1) is 13.2. The van der Waals surface area contributed by atoms with Gasteiger partial charge in [0.2, 0.25) is 0 Å². The number of fused-ring (bicyclic) bond motifs is 1. The van der Waals surface area contributed by atoms with E-state index >= 15 is 0 Å². The normalized spacial score (nSPS) is 19.2. The molecule has 3 aromatic rings. The number of alkyl halides is 3. The molecule has 0 bridgehead atoms. The van der Waals surface area contributed by atoms with Crippen LogP contribution in [-0.2, 0) is 0 Å². The molecule has 148 valence electrons. The molecule has 2 unspecified atom stereocenters. The van der Waals surface area contributed by atoms with E-state index in [0.717, 1.165) is 15.3 Å². The van der Waals surface area contributed by atoms with Crippen molar-refractivity contribution < 1.29 is 22.4 Å². The standard InChI is InChI=1S/C17H16F3N5O2S/c1-8-9(2)28-16(21-8)23-15(26)11-7-14-22-10(12-4-3-5-27-12)6-13(17(18,19)20)25(14)24-11/h3-5,7,10,13,22H,6H2,1-2H3,(H,21,23,26). The predicted molar refractivity (Wildman–Crippen MR) is 96.5 cm³/mol. The first-order valence-corrected chi connectivity index (χ1v) is 9.25. The number of aromatic nitrogens is 3. The lowest BCUT2D eigenvalue weighted by molar-refractivity contribution is -0.174. The number of rotatable bonds is 3. The molecule has 2 atom stereocenters. The molecular weight excluding hydrogens is 395 g/mol. The van der Waals surface area contributed by atoms with Crippen LogP contribution >= 0.6 is 11.3 Å². The van der Waals surface area contributed by atoms with Gasteiger partial charge in [0, 0.05) is 17.4 Å². The van der Waals surface area contributed by atoms with Gasteiger partial charge < -0.3 is 9.73 Å². The fourth-order valence-corrected chi connectivity index (χ4v) is 3.86. The van der Waals surface area contributed by atoms with E-state index in [1.165, 1.54) is 23.7 Å². The van der Waals surface area contributed by atoms with E-state index in [0.29, 0.717) is 10.9 Å². The molecule has 11 heteroatoms. The van der Waals surface area contributed by atoms with Crippen molar-refractivity contribution in [2.45, 2.75) is 38.5 Å². The number of carbonyl (C=O) groups excluding carboxylic acids is 1. The first-order valence-electron chi connectivity index (χ1n) is 8.44. The molecular formula is C17H16F3N5O2S. The number of amides is 1. The van der Waals surface area contributed by atoms with Gasteiger partial charge in [0.1, 0.15) is 11.6 Å². The highest BCUT2D eigenvalue weighted by Gasteiger charge is 2.47. The maximum atomic E-state index is 13.6. The molecule has 1 amide bonds. The minimum absolute atomic E-state index is 0.103. The Hall–Kier alpha value is -2.82. The number of hydrogen-bond donors (Lipinski definition) is 2. The molecule has 0 fully saturated rings. The van der Waals surface area contributed by atoms with Gasteiger partial charge in [-0.15, -0.1) is 11.3 Å². The van der Waals surface area contributed by atoms with E-state index in [-0.39, 0.29) is 17.9 Å². The zero-order chi connectivity index (χ0) is 20.1. The van der Waals surface area contributed by atoms with Gasteiger partial charge in [-0.05, 0) is 26.0 Å². The van der Waals surface area contributed by atoms with Crippen LogP contribution < -0.4 is 10.6 Å². The third kappa shape index (κ3) is 3.37. The lowest BCUT2D eigenvalue weighted by Gasteiger charge is -2.32. The molecule has 4 rings (SSSR count). The fraction of sp³-hybridized carbons (Fsp3) is 0.353. The van der Waals surface area contributed by atoms with Crippen LogP contribution in [0.5, 0.6) is 0 Å². The average molecular weight is 411 g/mol. The number of hydrogen-bond acceptors (Lipinski definition) is 6. The molecule has 0 saturated heterocycles. The number of carbonyl (C=O) groups is 1. The summed E-state index contributed by atoms with van der Waals surface area (Å²) in [6.07, 6.45) is -3.41. The summed E-state index contributed by atoms with van der Waals surface area (Å²) in [5.41, 5.74) is 0.659. The van der Waals surface area contributed by atoms with Crippen molar-refractivity contribution in [3.8, 4) is 0 Å². The minimum Gasteiger partial charge on any atom is -0.467 e. The largest absolute Gasteiger partial charge is 0.467 e. The zero-order valence-electron chi connectivity index (χ0n) is 14.9. The summed E-state index contributed by atoms with van der Waals surface area (Å²) in [4.78, 5) is 17.6. The van der Waals surface area contributed by atoms with Crippen molar-refractivity contribution in [1.29, 1.82) is 0 Å². The summed E-state index contributed by atoms with van der Waals surface area (Å²) < 4.78 is 46.9. The van der Waals surface area contributed by atoms with Gasteiger partial charge in [-0.25, -0.2) is 9.67 Å². The topological polar surface area (TPSA) is 85.0 Å². The van der Waals surface area contributed by atoms with E-state index in [1.54, 1.807) is 12.1 Å². The number of nitrogens with one attached hydrogen (secondary N) is 2. The van der Waals surface area contributed by atoms with Crippen LogP contribution in [0.3, 0.4) is 0 Å². The molecule has 1 aliphatic rings. The number of nitrogens with zero attached hydrogens (tertiary/aromatic N) is 3. The molecule has 0 spiro atoms. The van der Waals surface area contributed by atoms with E-state index < -0.39 is 24.2 Å². The third-order valence-corrected chi connectivity index (χ3v) is 5.55. The first kappa shape index (κ1) is 18.5. The molecule has 1 aliphatic heterocycles. The summed E-state index contributed by atoms with van der Waals surface area (Å²) in [6.45, 7) is 3.67. The summed E-state index contributed by atoms with van der Waals surface area (Å²) >= 11 is 1.29. The monoisotopic (exact) mass is 411 g/mol. The quantitative estimate of drug-likeness (QED) is 0.665. The molecule has 2 N–H and O–H groups in total. The highest BCUT2D eigenvalue weighted by Crippen LogP contribution is 2.43. The SMILES string of the molecule is Cc1nc(NC(=O)c2cc3n(n2)C(C(F)(F)F)CC(c2ccco2)N3)sc1C. The number of halogens is 3. The van der Waals surface area contributed by atoms with Gasteiger partial charge in [-0.1, -0.05) is 0 Å². The lowest BCUT2D eigenvalue weighted by atomic mass is 10.0. The Bertz CT molecular complexity index is 989. The molecule has 0 saturated carbocycles. The Kier molecular flexibility index (Phi) is 4.41. The van der Waals surface area contributed by atoms with Crippen molar-refractivity contribution in [3.05, 3.63) is 46.5 Å². The molecule has 0 aromatic carbocycles. The summed E-state index contributed by atoms with van der Waals surface area (Å²) in [5.74, 6) is -0.124. The summed E-state index contributed by atoms with van der Waals surface area (Å²) in [5, 5.41) is 9.84. The molecule has 0 aliphatic carbocycles. The van der Waals surface area contributed by atoms with E-state index in [1.807, 2.05) is 13.8 Å².